The molecule has 1 fully saturated rings. The van der Waals surface area contributed by atoms with E-state index in [4.69, 9.17) is 0 Å². The molecule has 1 saturated heterocycles. The molecule has 0 aromatic heterocycles. The number of carbonyl (C=O) groups excluding carboxylic acids is 1. The van der Waals surface area contributed by atoms with Crippen molar-refractivity contribution in [2.24, 2.45) is 5.92 Å². The number of anilines is 1. The zero-order chi connectivity index (χ0) is 20.1. The molecule has 1 N–H and O–H groups in total. The van der Waals surface area contributed by atoms with Crippen molar-refractivity contribution in [3.63, 3.8) is 0 Å². The molecule has 0 aliphatic carbocycles. The molecular formula is C22H28N2O3S. The Morgan fingerprint density at radius 3 is 2.50 bits per heavy atom. The normalized spacial score (nSPS) is 18.0. The number of nitrogens with zero attached hydrogens (tertiary/aromatic N) is 1. The van der Waals surface area contributed by atoms with Gasteiger partial charge in [-0.2, -0.15) is 0 Å². The standard InChI is InChI=1S/C22H28N2O3S/c1-3-18-10-6-7-13-21(18)23-22(25)19-12-8-14-24(15-19)28(26,27)16-20-11-5-4-9-17(20)2/h4-7,9-11,13,19H,3,8,12,14-16H2,1-2H3,(H,23,25). The number of amides is 1. The van der Waals surface area contributed by atoms with Crippen LogP contribution in [-0.2, 0) is 27.0 Å². The number of nitrogens with one attached hydrogen (secondary N) is 1. The van der Waals surface area contributed by atoms with Crippen molar-refractivity contribution in [2.75, 3.05) is 18.4 Å². The smallest absolute Gasteiger partial charge is 0.228 e. The Kier molecular flexibility index (Phi) is 6.52. The molecular weight excluding hydrogens is 372 g/mol. The molecule has 0 bridgehead atoms. The Bertz CT molecular complexity index is 940. The first-order chi connectivity index (χ1) is 13.4. The average Bonchev–Trinajstić information content (AvgIpc) is 2.70. The van der Waals surface area contributed by atoms with Crippen molar-refractivity contribution in [3.05, 3.63) is 65.2 Å². The van der Waals surface area contributed by atoms with Crippen molar-refractivity contribution in [2.45, 2.75) is 38.9 Å². The van der Waals surface area contributed by atoms with Crippen LogP contribution < -0.4 is 5.32 Å². The predicted molar refractivity (Wildman–Crippen MR) is 113 cm³/mol. The van der Waals surface area contributed by atoms with Gasteiger partial charge < -0.3 is 5.32 Å². The van der Waals surface area contributed by atoms with E-state index in [1.807, 2.05) is 62.4 Å². The molecule has 0 saturated carbocycles. The molecule has 0 spiro atoms. The van der Waals surface area contributed by atoms with Crippen LogP contribution in [0.15, 0.2) is 48.5 Å². The fourth-order valence-electron chi connectivity index (χ4n) is 3.65. The number of benzene rings is 2. The van der Waals surface area contributed by atoms with Gasteiger partial charge in [-0.3, -0.25) is 4.79 Å². The van der Waals surface area contributed by atoms with Crippen LogP contribution in [-0.4, -0.2) is 31.7 Å². The maximum atomic E-state index is 12.9. The second-order valence-electron chi connectivity index (χ2n) is 7.38. The van der Waals surface area contributed by atoms with Gasteiger partial charge in [0.2, 0.25) is 15.9 Å². The fraction of sp³-hybridized carbons (Fsp3) is 0.409. The minimum Gasteiger partial charge on any atom is -0.326 e. The number of carbonyl (C=O) groups is 1. The van der Waals surface area contributed by atoms with Crippen LogP contribution in [0, 0.1) is 12.8 Å². The molecule has 2 aromatic carbocycles. The third-order valence-corrected chi connectivity index (χ3v) is 7.20. The molecule has 1 heterocycles. The summed E-state index contributed by atoms with van der Waals surface area (Å²) in [6, 6.07) is 15.3. The van der Waals surface area contributed by atoms with Gasteiger partial charge in [0.15, 0.2) is 0 Å². The average molecular weight is 401 g/mol. The highest BCUT2D eigenvalue weighted by Crippen LogP contribution is 2.24. The third kappa shape index (κ3) is 4.80. The minimum absolute atomic E-state index is 0.0212. The van der Waals surface area contributed by atoms with Crippen molar-refractivity contribution in [1.82, 2.24) is 4.31 Å². The summed E-state index contributed by atoms with van der Waals surface area (Å²) < 4.78 is 27.3. The number of hydrogen-bond acceptors (Lipinski definition) is 3. The number of hydrogen-bond donors (Lipinski definition) is 1. The molecule has 0 radical (unpaired) electrons. The molecule has 1 amide bonds. The first kappa shape index (κ1) is 20.6. The van der Waals surface area contributed by atoms with Gasteiger partial charge in [-0.25, -0.2) is 12.7 Å². The number of rotatable bonds is 6. The van der Waals surface area contributed by atoms with Gasteiger partial charge in [0.25, 0.3) is 0 Å². The minimum atomic E-state index is -3.46. The highest BCUT2D eigenvalue weighted by molar-refractivity contribution is 7.88. The second kappa shape index (κ2) is 8.88. The van der Waals surface area contributed by atoms with Crippen molar-refractivity contribution in [1.29, 1.82) is 0 Å². The summed E-state index contributed by atoms with van der Waals surface area (Å²) in [5.41, 5.74) is 3.67. The largest absolute Gasteiger partial charge is 0.326 e. The van der Waals surface area contributed by atoms with Crippen LogP contribution in [0.3, 0.4) is 0 Å². The maximum absolute atomic E-state index is 12.9. The van der Waals surface area contributed by atoms with Gasteiger partial charge in [-0.1, -0.05) is 49.4 Å². The zero-order valence-corrected chi connectivity index (χ0v) is 17.3. The molecule has 3 rings (SSSR count). The summed E-state index contributed by atoms with van der Waals surface area (Å²) in [7, 11) is -3.46. The van der Waals surface area contributed by atoms with Gasteiger partial charge >= 0.3 is 0 Å². The van der Waals surface area contributed by atoms with E-state index in [9.17, 15) is 13.2 Å². The molecule has 6 heteroatoms. The summed E-state index contributed by atoms with van der Waals surface area (Å²) in [4.78, 5) is 12.8. The SMILES string of the molecule is CCc1ccccc1NC(=O)C1CCCN(S(=O)(=O)Cc2ccccc2C)C1. The predicted octanol–water partition coefficient (Wildman–Crippen LogP) is 3.74. The number of piperidine rings is 1. The van der Waals surface area contributed by atoms with Crippen LogP contribution in [0.5, 0.6) is 0 Å². The van der Waals surface area contributed by atoms with Gasteiger partial charge in [0.05, 0.1) is 11.7 Å². The number of para-hydroxylation sites is 1. The van der Waals surface area contributed by atoms with Gasteiger partial charge in [0.1, 0.15) is 0 Å². The lowest BCUT2D eigenvalue weighted by molar-refractivity contribution is -0.120. The molecule has 1 aliphatic rings. The van der Waals surface area contributed by atoms with E-state index in [0.717, 1.165) is 28.8 Å². The van der Waals surface area contributed by atoms with Gasteiger partial charge in [-0.05, 0) is 48.9 Å². The van der Waals surface area contributed by atoms with E-state index in [1.54, 1.807) is 0 Å². The van der Waals surface area contributed by atoms with Crippen molar-refractivity contribution < 1.29 is 13.2 Å². The van der Waals surface area contributed by atoms with Crippen LogP contribution in [0.25, 0.3) is 0 Å². The van der Waals surface area contributed by atoms with E-state index in [2.05, 4.69) is 5.32 Å². The Balaban J connectivity index is 1.69. The van der Waals surface area contributed by atoms with Crippen molar-refractivity contribution >= 4 is 21.6 Å². The van der Waals surface area contributed by atoms with Crippen LogP contribution in [0.2, 0.25) is 0 Å². The first-order valence-electron chi connectivity index (χ1n) is 9.82. The molecule has 1 atom stereocenters. The Hall–Kier alpha value is -2.18. The van der Waals surface area contributed by atoms with E-state index >= 15 is 0 Å². The Morgan fingerprint density at radius 1 is 1.11 bits per heavy atom. The summed E-state index contributed by atoms with van der Waals surface area (Å²) in [6.07, 6.45) is 2.23. The van der Waals surface area contributed by atoms with E-state index in [1.165, 1.54) is 4.31 Å². The summed E-state index contributed by atoms with van der Waals surface area (Å²) >= 11 is 0. The zero-order valence-electron chi connectivity index (χ0n) is 16.5. The molecule has 2 aromatic rings. The third-order valence-electron chi connectivity index (χ3n) is 5.40. The van der Waals surface area contributed by atoms with E-state index < -0.39 is 10.0 Å². The lowest BCUT2D eigenvalue weighted by Crippen LogP contribution is -2.44. The number of sulfonamides is 1. The molecule has 1 aliphatic heterocycles. The van der Waals surface area contributed by atoms with Crippen LogP contribution >= 0.6 is 0 Å². The van der Waals surface area contributed by atoms with E-state index in [-0.39, 0.29) is 24.1 Å². The van der Waals surface area contributed by atoms with Gasteiger partial charge in [0, 0.05) is 18.8 Å². The first-order valence-corrected chi connectivity index (χ1v) is 11.4. The summed E-state index contributed by atoms with van der Waals surface area (Å²) in [5.74, 6) is -0.450. The summed E-state index contributed by atoms with van der Waals surface area (Å²) in [5, 5.41) is 3.00. The fourth-order valence-corrected chi connectivity index (χ4v) is 5.37. The van der Waals surface area contributed by atoms with Gasteiger partial charge in [-0.15, -0.1) is 0 Å². The van der Waals surface area contributed by atoms with E-state index in [0.29, 0.717) is 19.4 Å². The maximum Gasteiger partial charge on any atom is 0.228 e. The topological polar surface area (TPSA) is 66.5 Å². The molecule has 1 unspecified atom stereocenters. The highest BCUT2D eigenvalue weighted by Gasteiger charge is 2.32. The lowest BCUT2D eigenvalue weighted by atomic mass is 9.98. The monoisotopic (exact) mass is 400 g/mol. The lowest BCUT2D eigenvalue weighted by Gasteiger charge is -2.31. The number of aryl methyl sites for hydroxylation is 2. The second-order valence-corrected chi connectivity index (χ2v) is 9.35. The molecule has 28 heavy (non-hydrogen) atoms. The van der Waals surface area contributed by atoms with Crippen LogP contribution in [0.1, 0.15) is 36.5 Å². The molecule has 5 nitrogen and oxygen atoms in total. The molecule has 150 valence electrons. The quantitative estimate of drug-likeness (QED) is 0.803. The summed E-state index contributed by atoms with van der Waals surface area (Å²) in [6.45, 7) is 4.69. The highest BCUT2D eigenvalue weighted by atomic mass is 32.2. The van der Waals surface area contributed by atoms with Crippen molar-refractivity contribution in [3.8, 4) is 0 Å². The van der Waals surface area contributed by atoms with Crippen LogP contribution in [0.4, 0.5) is 5.69 Å². The Morgan fingerprint density at radius 2 is 1.79 bits per heavy atom. The Labute approximate surface area is 167 Å².